The summed E-state index contributed by atoms with van der Waals surface area (Å²) in [4.78, 5) is 24.5. The first-order valence-electron chi connectivity index (χ1n) is 7.06. The summed E-state index contributed by atoms with van der Waals surface area (Å²) in [6, 6.07) is 7.90. The van der Waals surface area contributed by atoms with Crippen LogP contribution in [0.3, 0.4) is 0 Å². The van der Waals surface area contributed by atoms with E-state index in [1.165, 1.54) is 5.56 Å². The number of carbonyl (C=O) groups is 2. The smallest absolute Gasteiger partial charge is 0.317 e. The molecule has 1 aliphatic heterocycles. The Morgan fingerprint density at radius 2 is 1.86 bits per heavy atom. The van der Waals surface area contributed by atoms with E-state index in [9.17, 15) is 9.59 Å². The Morgan fingerprint density at radius 1 is 1.24 bits per heavy atom. The molecule has 1 aromatic carbocycles. The molecule has 0 atom stereocenters. The Morgan fingerprint density at radius 3 is 2.43 bits per heavy atom. The fraction of sp³-hybridized carbons (Fsp3) is 0.467. The van der Waals surface area contributed by atoms with Gasteiger partial charge in [0.15, 0.2) is 0 Å². The van der Waals surface area contributed by atoms with Crippen molar-refractivity contribution < 1.29 is 14.7 Å². The first-order valence-corrected chi connectivity index (χ1v) is 7.85. The summed E-state index contributed by atoms with van der Waals surface area (Å²) in [5.74, 6) is -1.07. The Balaban J connectivity index is 1.70. The van der Waals surface area contributed by atoms with Crippen LogP contribution in [-0.4, -0.2) is 41.6 Å². The summed E-state index contributed by atoms with van der Waals surface area (Å²) in [6.45, 7) is 1.61. The summed E-state index contributed by atoms with van der Waals surface area (Å²) in [7, 11) is 0. The highest BCUT2D eigenvalue weighted by Crippen LogP contribution is 2.17. The van der Waals surface area contributed by atoms with Gasteiger partial charge in [-0.2, -0.15) is 0 Å². The van der Waals surface area contributed by atoms with E-state index in [4.69, 9.17) is 5.11 Å². The van der Waals surface area contributed by atoms with Crippen LogP contribution < -0.4 is 5.32 Å². The highest BCUT2D eigenvalue weighted by molar-refractivity contribution is 9.10. The largest absolute Gasteiger partial charge is 0.481 e. The molecular weight excluding hydrogens is 336 g/mol. The van der Waals surface area contributed by atoms with E-state index in [0.29, 0.717) is 32.5 Å². The van der Waals surface area contributed by atoms with Crippen molar-refractivity contribution >= 4 is 27.9 Å². The van der Waals surface area contributed by atoms with E-state index >= 15 is 0 Å². The number of hydrogen-bond donors (Lipinski definition) is 2. The highest BCUT2D eigenvalue weighted by Gasteiger charge is 2.26. The second-order valence-corrected chi connectivity index (χ2v) is 6.12. The molecular formula is C15H19BrN2O3. The number of nitrogens with one attached hydrogen (secondary N) is 1. The van der Waals surface area contributed by atoms with Crippen molar-refractivity contribution in [1.29, 1.82) is 0 Å². The molecule has 0 spiro atoms. The van der Waals surface area contributed by atoms with Crippen molar-refractivity contribution in [3.05, 3.63) is 34.3 Å². The van der Waals surface area contributed by atoms with Crippen LogP contribution >= 0.6 is 15.9 Å². The molecule has 0 unspecified atom stereocenters. The third-order valence-corrected chi connectivity index (χ3v) is 4.26. The van der Waals surface area contributed by atoms with Crippen molar-refractivity contribution in [1.82, 2.24) is 10.2 Å². The van der Waals surface area contributed by atoms with E-state index in [0.717, 1.165) is 10.9 Å². The number of carboxylic acid groups (broad SMARTS) is 1. The Bertz CT molecular complexity index is 496. The van der Waals surface area contributed by atoms with E-state index in [1.54, 1.807) is 4.90 Å². The molecule has 2 N–H and O–H groups in total. The van der Waals surface area contributed by atoms with Crippen molar-refractivity contribution in [3.63, 3.8) is 0 Å². The van der Waals surface area contributed by atoms with Gasteiger partial charge in [-0.1, -0.05) is 28.1 Å². The molecule has 21 heavy (non-hydrogen) atoms. The summed E-state index contributed by atoms with van der Waals surface area (Å²) in [5.41, 5.74) is 1.17. The first kappa shape index (κ1) is 15.8. The average Bonchev–Trinajstić information content (AvgIpc) is 2.49. The fourth-order valence-corrected chi connectivity index (χ4v) is 2.67. The zero-order valence-corrected chi connectivity index (χ0v) is 13.3. The monoisotopic (exact) mass is 354 g/mol. The van der Waals surface area contributed by atoms with E-state index < -0.39 is 5.97 Å². The number of benzene rings is 1. The first-order chi connectivity index (χ1) is 10.1. The molecule has 6 heteroatoms. The second-order valence-electron chi connectivity index (χ2n) is 5.21. The van der Waals surface area contributed by atoms with Crippen molar-refractivity contribution in [3.8, 4) is 0 Å². The van der Waals surface area contributed by atoms with Gasteiger partial charge in [0.2, 0.25) is 0 Å². The van der Waals surface area contributed by atoms with Crippen LogP contribution in [-0.2, 0) is 11.2 Å². The Hall–Kier alpha value is -1.56. The number of carbonyl (C=O) groups excluding carboxylic acids is 1. The predicted molar refractivity (Wildman–Crippen MR) is 83.2 cm³/mol. The second kappa shape index (κ2) is 7.45. The maximum atomic E-state index is 12.0. The SMILES string of the molecule is O=C(O)C1CCN(C(=O)NCCc2ccc(Br)cc2)CC1. The van der Waals surface area contributed by atoms with Gasteiger partial charge >= 0.3 is 12.0 Å². The molecule has 114 valence electrons. The minimum Gasteiger partial charge on any atom is -0.481 e. The maximum Gasteiger partial charge on any atom is 0.317 e. The number of amides is 2. The lowest BCUT2D eigenvalue weighted by atomic mass is 9.97. The molecule has 5 nitrogen and oxygen atoms in total. The molecule has 2 amide bonds. The van der Waals surface area contributed by atoms with Gasteiger partial charge < -0.3 is 15.3 Å². The summed E-state index contributed by atoms with van der Waals surface area (Å²) >= 11 is 3.39. The molecule has 1 saturated heterocycles. The van der Waals surface area contributed by atoms with Crippen LogP contribution in [0.1, 0.15) is 18.4 Å². The fourth-order valence-electron chi connectivity index (χ4n) is 2.41. The highest BCUT2D eigenvalue weighted by atomic mass is 79.9. The molecule has 1 aromatic rings. The molecule has 0 radical (unpaired) electrons. The van der Waals surface area contributed by atoms with Gasteiger partial charge in [0, 0.05) is 24.1 Å². The molecule has 0 aromatic heterocycles. The average molecular weight is 355 g/mol. The van der Waals surface area contributed by atoms with Gasteiger partial charge in [-0.3, -0.25) is 4.79 Å². The Labute approximate surface area is 132 Å². The molecule has 1 heterocycles. The van der Waals surface area contributed by atoms with Gasteiger partial charge in [0.05, 0.1) is 5.92 Å². The summed E-state index contributed by atoms with van der Waals surface area (Å²) in [5, 5.41) is 11.8. The number of urea groups is 1. The van der Waals surface area contributed by atoms with Crippen molar-refractivity contribution in [2.75, 3.05) is 19.6 Å². The van der Waals surface area contributed by atoms with Gasteiger partial charge in [-0.15, -0.1) is 0 Å². The minimum absolute atomic E-state index is 0.101. The van der Waals surface area contributed by atoms with E-state index in [1.807, 2.05) is 24.3 Å². The van der Waals surface area contributed by atoms with Gasteiger partial charge in [-0.25, -0.2) is 4.79 Å². The Kier molecular flexibility index (Phi) is 5.61. The number of halogens is 1. The van der Waals surface area contributed by atoms with E-state index in [-0.39, 0.29) is 11.9 Å². The molecule has 0 saturated carbocycles. The number of rotatable bonds is 4. The zero-order chi connectivity index (χ0) is 15.2. The zero-order valence-electron chi connectivity index (χ0n) is 11.7. The number of carboxylic acids is 1. The lowest BCUT2D eigenvalue weighted by Crippen LogP contribution is -2.45. The number of nitrogens with zero attached hydrogens (tertiary/aromatic N) is 1. The number of likely N-dealkylation sites (tertiary alicyclic amines) is 1. The quantitative estimate of drug-likeness (QED) is 0.872. The predicted octanol–water partition coefficient (Wildman–Crippen LogP) is 2.50. The molecule has 1 fully saturated rings. The molecule has 1 aliphatic rings. The molecule has 0 aliphatic carbocycles. The lowest BCUT2D eigenvalue weighted by Gasteiger charge is -2.30. The summed E-state index contributed by atoms with van der Waals surface area (Å²) < 4.78 is 1.04. The third-order valence-electron chi connectivity index (χ3n) is 3.73. The topological polar surface area (TPSA) is 69.6 Å². The normalized spacial score (nSPS) is 15.8. The minimum atomic E-state index is -0.759. The van der Waals surface area contributed by atoms with E-state index in [2.05, 4.69) is 21.2 Å². The lowest BCUT2D eigenvalue weighted by molar-refractivity contribution is -0.143. The van der Waals surface area contributed by atoms with Crippen molar-refractivity contribution in [2.45, 2.75) is 19.3 Å². The number of hydrogen-bond acceptors (Lipinski definition) is 2. The maximum absolute atomic E-state index is 12.0. The molecule has 2 rings (SSSR count). The van der Waals surface area contributed by atoms with Gasteiger partial charge in [-0.05, 0) is 37.0 Å². The number of aliphatic carboxylic acids is 1. The number of piperidine rings is 1. The summed E-state index contributed by atoms with van der Waals surface area (Å²) in [6.07, 6.45) is 1.86. The van der Waals surface area contributed by atoms with Gasteiger partial charge in [0.25, 0.3) is 0 Å². The van der Waals surface area contributed by atoms with Gasteiger partial charge in [0.1, 0.15) is 0 Å². The standard InChI is InChI=1S/C15H19BrN2O3/c16-13-3-1-11(2-4-13)5-8-17-15(21)18-9-6-12(7-10-18)14(19)20/h1-4,12H,5-10H2,(H,17,21)(H,19,20). The van der Waals surface area contributed by atoms with Crippen LogP contribution in [0.5, 0.6) is 0 Å². The van der Waals surface area contributed by atoms with Crippen LogP contribution in [0.25, 0.3) is 0 Å². The van der Waals surface area contributed by atoms with Crippen LogP contribution in [0.15, 0.2) is 28.7 Å². The van der Waals surface area contributed by atoms with Crippen LogP contribution in [0.2, 0.25) is 0 Å². The third kappa shape index (κ3) is 4.74. The molecule has 0 bridgehead atoms. The van der Waals surface area contributed by atoms with Crippen LogP contribution in [0.4, 0.5) is 4.79 Å². The van der Waals surface area contributed by atoms with Crippen LogP contribution in [0, 0.1) is 5.92 Å². The van der Waals surface area contributed by atoms with Crippen molar-refractivity contribution in [2.24, 2.45) is 5.92 Å².